The van der Waals surface area contributed by atoms with Gasteiger partial charge in [0.2, 0.25) is 0 Å². The van der Waals surface area contributed by atoms with E-state index < -0.39 is 17.9 Å². The second kappa shape index (κ2) is 8.93. The van der Waals surface area contributed by atoms with Gasteiger partial charge in [0.05, 0.1) is 29.8 Å². The monoisotopic (exact) mass is 461 g/mol. The minimum absolute atomic E-state index is 0.0667. The summed E-state index contributed by atoms with van der Waals surface area (Å²) in [4.78, 5) is 16.3. The van der Waals surface area contributed by atoms with Crippen molar-refractivity contribution in [1.82, 2.24) is 4.98 Å². The molecule has 2 aliphatic rings. The molecule has 1 aliphatic heterocycles. The largest absolute Gasteiger partial charge is 0.481 e. The highest BCUT2D eigenvalue weighted by Gasteiger charge is 2.36. The van der Waals surface area contributed by atoms with E-state index in [1.807, 2.05) is 42.5 Å². The molecule has 1 N–H and O–H groups in total. The Morgan fingerprint density at radius 3 is 2.59 bits per heavy atom. The summed E-state index contributed by atoms with van der Waals surface area (Å²) in [6.45, 7) is 3.61. The first-order chi connectivity index (χ1) is 16.3. The Balaban J connectivity index is 1.60. The molecular weight excluding hydrogens is 433 g/mol. The number of aliphatic carboxylic acids is 1. The van der Waals surface area contributed by atoms with Crippen LogP contribution in [0.5, 0.6) is 0 Å². The average molecular weight is 462 g/mol. The SMILES string of the molecule is CC1(C)O[C@@H](CC(=O)O)C[C@@H](/C=C\c2c(C3CC3)nc3ccccc3c2-c2ccc(F)cc2)O1. The third kappa shape index (κ3) is 4.88. The van der Waals surface area contributed by atoms with E-state index in [-0.39, 0.29) is 18.3 Å². The highest BCUT2D eigenvalue weighted by atomic mass is 19.1. The third-order valence-electron chi connectivity index (χ3n) is 6.32. The molecule has 2 atom stereocenters. The molecule has 2 fully saturated rings. The number of nitrogens with zero attached hydrogens (tertiary/aromatic N) is 1. The maximum absolute atomic E-state index is 13.7. The number of ether oxygens (including phenoxy) is 2. The van der Waals surface area contributed by atoms with E-state index in [2.05, 4.69) is 6.08 Å². The lowest BCUT2D eigenvalue weighted by molar-refractivity contribution is -0.290. The minimum Gasteiger partial charge on any atom is -0.481 e. The quantitative estimate of drug-likeness (QED) is 0.465. The average Bonchev–Trinajstić information content (AvgIpc) is 3.61. The van der Waals surface area contributed by atoms with Gasteiger partial charge in [0.25, 0.3) is 0 Å². The lowest BCUT2D eigenvalue weighted by atomic mass is 9.92. The van der Waals surface area contributed by atoms with E-state index >= 15 is 0 Å². The Kier molecular flexibility index (Phi) is 5.96. The standard InChI is InChI=1S/C28H28FNO4/c1-28(2)33-20(15-21(34-28)16-25(31)32)13-14-23-26(17-9-11-19(29)12-10-17)22-5-3-4-6-24(22)30-27(23)18-7-8-18/h3-6,9-14,18,20-21H,7-8,15-16H2,1-2H3,(H,31,32)/b14-13-/t20-,21-/m1/s1. The van der Waals surface area contributed by atoms with Crippen LogP contribution >= 0.6 is 0 Å². The first-order valence-electron chi connectivity index (χ1n) is 11.7. The number of hydrogen-bond acceptors (Lipinski definition) is 4. The second-order valence-corrected chi connectivity index (χ2v) is 9.57. The number of carboxylic acid groups (broad SMARTS) is 1. The Morgan fingerprint density at radius 1 is 1.15 bits per heavy atom. The zero-order valence-electron chi connectivity index (χ0n) is 19.3. The van der Waals surface area contributed by atoms with Crippen molar-refractivity contribution >= 4 is 22.9 Å². The molecule has 1 saturated heterocycles. The molecule has 1 saturated carbocycles. The Morgan fingerprint density at radius 2 is 1.88 bits per heavy atom. The molecule has 0 unspecified atom stereocenters. The van der Waals surface area contributed by atoms with Crippen molar-refractivity contribution < 1.29 is 23.8 Å². The highest BCUT2D eigenvalue weighted by Crippen LogP contribution is 2.45. The van der Waals surface area contributed by atoms with Crippen LogP contribution in [0.3, 0.4) is 0 Å². The summed E-state index contributed by atoms with van der Waals surface area (Å²) in [6.07, 6.45) is 5.89. The molecule has 176 valence electrons. The number of fused-ring (bicyclic) bond motifs is 1. The summed E-state index contributed by atoms with van der Waals surface area (Å²) >= 11 is 0. The molecule has 5 nitrogen and oxygen atoms in total. The molecule has 1 aromatic heterocycles. The molecule has 1 aliphatic carbocycles. The molecule has 0 radical (unpaired) electrons. The van der Waals surface area contributed by atoms with Crippen molar-refractivity contribution in [2.75, 3.05) is 0 Å². The normalized spacial score (nSPS) is 22.3. The number of rotatable bonds is 6. The van der Waals surface area contributed by atoms with Crippen LogP contribution in [0.2, 0.25) is 0 Å². The van der Waals surface area contributed by atoms with Gasteiger partial charge in [-0.2, -0.15) is 0 Å². The maximum Gasteiger partial charge on any atom is 0.305 e. The Bertz CT molecular complexity index is 1250. The van der Waals surface area contributed by atoms with Crippen LogP contribution < -0.4 is 0 Å². The number of benzene rings is 2. The predicted octanol–water partition coefficient (Wildman–Crippen LogP) is 6.32. The van der Waals surface area contributed by atoms with Gasteiger partial charge in [-0.15, -0.1) is 0 Å². The summed E-state index contributed by atoms with van der Waals surface area (Å²) in [5, 5.41) is 10.3. The fraction of sp³-hybridized carbons (Fsp3) is 0.357. The van der Waals surface area contributed by atoms with Crippen LogP contribution in [0, 0.1) is 5.82 Å². The number of carbonyl (C=O) groups is 1. The van der Waals surface area contributed by atoms with Crippen LogP contribution in [0.25, 0.3) is 28.1 Å². The van der Waals surface area contributed by atoms with E-state index in [0.717, 1.165) is 46.1 Å². The molecule has 3 aromatic rings. The first kappa shape index (κ1) is 22.7. The van der Waals surface area contributed by atoms with Crippen LogP contribution in [-0.4, -0.2) is 34.1 Å². The Labute approximate surface area is 198 Å². The van der Waals surface area contributed by atoms with E-state index in [0.29, 0.717) is 12.3 Å². The van der Waals surface area contributed by atoms with Gasteiger partial charge in [-0.05, 0) is 50.5 Å². The molecule has 6 heteroatoms. The van der Waals surface area contributed by atoms with Gasteiger partial charge in [-0.1, -0.05) is 42.5 Å². The van der Waals surface area contributed by atoms with Crippen molar-refractivity contribution in [1.29, 1.82) is 0 Å². The molecule has 34 heavy (non-hydrogen) atoms. The zero-order chi connectivity index (χ0) is 23.9. The number of pyridine rings is 1. The topological polar surface area (TPSA) is 68.7 Å². The van der Waals surface area contributed by atoms with Gasteiger partial charge in [-0.3, -0.25) is 9.78 Å². The van der Waals surface area contributed by atoms with Crippen molar-refractivity contribution in [2.45, 2.75) is 63.4 Å². The van der Waals surface area contributed by atoms with Gasteiger partial charge in [0.1, 0.15) is 5.82 Å². The van der Waals surface area contributed by atoms with Gasteiger partial charge in [0, 0.05) is 28.9 Å². The predicted molar refractivity (Wildman–Crippen MR) is 129 cm³/mol. The van der Waals surface area contributed by atoms with Crippen LogP contribution in [-0.2, 0) is 14.3 Å². The fourth-order valence-corrected chi connectivity index (χ4v) is 4.80. The molecule has 2 aromatic carbocycles. The molecule has 5 rings (SSSR count). The first-order valence-corrected chi connectivity index (χ1v) is 11.7. The van der Waals surface area contributed by atoms with Gasteiger partial charge in [-0.25, -0.2) is 4.39 Å². The number of halogens is 1. The summed E-state index contributed by atoms with van der Waals surface area (Å²) in [7, 11) is 0. The second-order valence-electron chi connectivity index (χ2n) is 9.57. The minimum atomic E-state index is -0.890. The van der Waals surface area contributed by atoms with E-state index in [4.69, 9.17) is 14.5 Å². The van der Waals surface area contributed by atoms with Gasteiger partial charge >= 0.3 is 5.97 Å². The van der Waals surface area contributed by atoms with Gasteiger partial charge in [0.15, 0.2) is 5.79 Å². The highest BCUT2D eigenvalue weighted by molar-refractivity contribution is 5.99. The molecular formula is C28H28FNO4. The summed E-state index contributed by atoms with van der Waals surface area (Å²) in [6, 6.07) is 14.6. The lowest BCUT2D eigenvalue weighted by Crippen LogP contribution is -2.44. The zero-order valence-corrected chi connectivity index (χ0v) is 19.3. The lowest BCUT2D eigenvalue weighted by Gasteiger charge is -2.39. The summed E-state index contributed by atoms with van der Waals surface area (Å²) in [5.74, 6) is -1.65. The maximum atomic E-state index is 13.7. The van der Waals surface area contributed by atoms with Gasteiger partial charge < -0.3 is 14.6 Å². The van der Waals surface area contributed by atoms with Crippen LogP contribution in [0.15, 0.2) is 54.6 Å². The summed E-state index contributed by atoms with van der Waals surface area (Å²) < 4.78 is 25.6. The number of para-hydroxylation sites is 1. The number of carboxylic acids is 1. The van der Waals surface area contributed by atoms with Crippen molar-refractivity contribution in [3.63, 3.8) is 0 Å². The number of aromatic nitrogens is 1. The van der Waals surface area contributed by atoms with E-state index in [1.165, 1.54) is 12.1 Å². The van der Waals surface area contributed by atoms with Crippen molar-refractivity contribution in [3.8, 4) is 11.1 Å². The van der Waals surface area contributed by atoms with Crippen molar-refractivity contribution in [2.24, 2.45) is 0 Å². The molecule has 0 spiro atoms. The van der Waals surface area contributed by atoms with E-state index in [1.54, 1.807) is 13.8 Å². The van der Waals surface area contributed by atoms with Crippen molar-refractivity contribution in [3.05, 3.63) is 71.7 Å². The third-order valence-corrected chi connectivity index (χ3v) is 6.32. The fourth-order valence-electron chi connectivity index (χ4n) is 4.80. The Hall–Kier alpha value is -3.09. The smallest absolute Gasteiger partial charge is 0.305 e. The molecule has 0 amide bonds. The van der Waals surface area contributed by atoms with Crippen LogP contribution in [0.1, 0.15) is 56.7 Å². The number of hydrogen-bond donors (Lipinski definition) is 1. The molecule has 2 heterocycles. The van der Waals surface area contributed by atoms with Crippen LogP contribution in [0.4, 0.5) is 4.39 Å². The van der Waals surface area contributed by atoms with E-state index in [9.17, 15) is 14.3 Å². The summed E-state index contributed by atoms with van der Waals surface area (Å²) in [5.41, 5.74) is 4.93. The molecule has 0 bridgehead atoms.